The van der Waals surface area contributed by atoms with Gasteiger partial charge in [0.1, 0.15) is 23.3 Å². The summed E-state index contributed by atoms with van der Waals surface area (Å²) in [6, 6.07) is 13.0. The van der Waals surface area contributed by atoms with Crippen LogP contribution in [0.2, 0.25) is 5.02 Å². The van der Waals surface area contributed by atoms with Crippen molar-refractivity contribution in [1.29, 1.82) is 0 Å². The lowest BCUT2D eigenvalue weighted by Gasteiger charge is -2.27. The Balaban J connectivity index is 1.44. The van der Waals surface area contributed by atoms with Gasteiger partial charge in [0.15, 0.2) is 0 Å². The fourth-order valence-electron chi connectivity index (χ4n) is 5.23. The molecule has 1 aliphatic heterocycles. The number of methoxy groups -OCH3 is 3. The molecular formula is C31H30ClF3N2O6. The number of nitrogens with one attached hydrogen (secondary N) is 1. The molecule has 3 atom stereocenters. The van der Waals surface area contributed by atoms with Gasteiger partial charge < -0.3 is 29.2 Å². The highest BCUT2D eigenvalue weighted by Gasteiger charge is 2.44. The van der Waals surface area contributed by atoms with Crippen molar-refractivity contribution >= 4 is 34.9 Å². The minimum absolute atomic E-state index is 0.0360. The van der Waals surface area contributed by atoms with Gasteiger partial charge in [-0.1, -0.05) is 23.7 Å². The molecule has 8 nitrogen and oxygen atoms in total. The molecule has 1 aliphatic carbocycles. The monoisotopic (exact) mass is 618 g/mol. The van der Waals surface area contributed by atoms with Gasteiger partial charge in [0.25, 0.3) is 5.91 Å². The van der Waals surface area contributed by atoms with E-state index in [1.165, 1.54) is 32.3 Å². The zero-order valence-electron chi connectivity index (χ0n) is 23.7. The van der Waals surface area contributed by atoms with E-state index in [1.54, 1.807) is 42.5 Å². The summed E-state index contributed by atoms with van der Waals surface area (Å²) in [6.45, 7) is 0.487. The Labute approximate surface area is 251 Å². The summed E-state index contributed by atoms with van der Waals surface area (Å²) < 4.78 is 62.7. The number of fused-ring (bicyclic) bond motifs is 1. The second kappa shape index (κ2) is 12.2. The van der Waals surface area contributed by atoms with Crippen molar-refractivity contribution in [3.05, 3.63) is 76.3 Å². The summed E-state index contributed by atoms with van der Waals surface area (Å²) in [7, 11) is 4.03. The summed E-state index contributed by atoms with van der Waals surface area (Å²) in [6.07, 6.45) is -3.62. The molecule has 1 amide bonds. The van der Waals surface area contributed by atoms with Crippen LogP contribution in [0.15, 0.2) is 54.6 Å². The smallest absolute Gasteiger partial charge is 0.420 e. The van der Waals surface area contributed by atoms with Gasteiger partial charge in [-0.25, -0.2) is 0 Å². The molecule has 1 fully saturated rings. The number of halogens is 4. The number of benzene rings is 3. The molecule has 0 aromatic heterocycles. The maximum absolute atomic E-state index is 14.1. The van der Waals surface area contributed by atoms with Gasteiger partial charge in [-0.15, -0.1) is 0 Å². The summed E-state index contributed by atoms with van der Waals surface area (Å²) in [5.41, 5.74) is 0.836. The van der Waals surface area contributed by atoms with Crippen LogP contribution in [-0.4, -0.2) is 46.4 Å². The highest BCUT2D eigenvalue weighted by molar-refractivity contribution is 6.30. The lowest BCUT2D eigenvalue weighted by atomic mass is 10.0. The number of hydrogen-bond donors (Lipinski definition) is 1. The van der Waals surface area contributed by atoms with Gasteiger partial charge >= 0.3 is 12.1 Å². The van der Waals surface area contributed by atoms with E-state index in [2.05, 4.69) is 5.32 Å². The van der Waals surface area contributed by atoms with Gasteiger partial charge in [0, 0.05) is 47.1 Å². The molecule has 5 rings (SSSR count). The quantitative estimate of drug-likeness (QED) is 0.267. The van der Waals surface area contributed by atoms with E-state index >= 15 is 0 Å². The van der Waals surface area contributed by atoms with Crippen molar-refractivity contribution in [2.45, 2.75) is 25.1 Å². The number of hydrogen-bond acceptors (Lipinski definition) is 7. The first kappa shape index (κ1) is 30.3. The Morgan fingerprint density at radius 1 is 1.02 bits per heavy atom. The third kappa shape index (κ3) is 6.61. The third-order valence-electron chi connectivity index (χ3n) is 7.64. The van der Waals surface area contributed by atoms with Gasteiger partial charge in [0.05, 0.1) is 39.4 Å². The molecule has 1 saturated carbocycles. The summed E-state index contributed by atoms with van der Waals surface area (Å²) >= 11 is 6.11. The number of carbonyl (C=O) groups is 2. The van der Waals surface area contributed by atoms with Crippen molar-refractivity contribution < 1.29 is 41.7 Å². The van der Waals surface area contributed by atoms with Crippen LogP contribution < -0.4 is 24.4 Å². The first-order chi connectivity index (χ1) is 20.5. The predicted octanol–water partition coefficient (Wildman–Crippen LogP) is 6.31. The maximum Gasteiger partial charge on any atom is 0.420 e. The third-order valence-corrected chi connectivity index (χ3v) is 7.89. The molecule has 3 aromatic rings. The Bertz CT molecular complexity index is 1510. The summed E-state index contributed by atoms with van der Waals surface area (Å²) in [5, 5.41) is 3.69. The zero-order chi connectivity index (χ0) is 30.9. The van der Waals surface area contributed by atoms with E-state index in [1.807, 2.05) is 0 Å². The van der Waals surface area contributed by atoms with Crippen LogP contribution in [-0.2, 0) is 26.9 Å². The normalized spacial score (nSPS) is 18.0. The zero-order valence-corrected chi connectivity index (χ0v) is 24.4. The van der Waals surface area contributed by atoms with Crippen molar-refractivity contribution in [1.82, 2.24) is 0 Å². The number of amides is 1. The fourth-order valence-corrected chi connectivity index (χ4v) is 5.36. The molecule has 1 heterocycles. The molecule has 3 aromatic carbocycles. The number of esters is 1. The lowest BCUT2D eigenvalue weighted by molar-refractivity contribution is -0.142. The molecule has 43 heavy (non-hydrogen) atoms. The van der Waals surface area contributed by atoms with E-state index in [4.69, 9.17) is 30.5 Å². The topological polar surface area (TPSA) is 86.3 Å². The Morgan fingerprint density at radius 2 is 1.74 bits per heavy atom. The largest absolute Gasteiger partial charge is 0.497 e. The first-order valence-corrected chi connectivity index (χ1v) is 13.9. The molecule has 0 radical (unpaired) electrons. The highest BCUT2D eigenvalue weighted by Crippen LogP contribution is 2.43. The number of rotatable bonds is 10. The van der Waals surface area contributed by atoms with Crippen molar-refractivity contribution in [2.24, 2.45) is 11.8 Å². The Kier molecular flexibility index (Phi) is 8.64. The molecular weight excluding hydrogens is 589 g/mol. The molecule has 228 valence electrons. The van der Waals surface area contributed by atoms with E-state index in [0.717, 1.165) is 6.07 Å². The van der Waals surface area contributed by atoms with Gasteiger partial charge in [0.2, 0.25) is 0 Å². The SMILES string of the molecule is COC(=O)[C@@H]1C[C@@H]1COc1cc(NC(C(=O)N2CCc3cc(OC)c(C(F)(F)F)cc32)c2ccc(Cl)cc2)cc(OC)c1. The van der Waals surface area contributed by atoms with Gasteiger partial charge in [-0.3, -0.25) is 9.59 Å². The van der Waals surface area contributed by atoms with Gasteiger partial charge in [-0.2, -0.15) is 13.2 Å². The van der Waals surface area contributed by atoms with Gasteiger partial charge in [-0.05, 0) is 48.2 Å². The first-order valence-electron chi connectivity index (χ1n) is 13.5. The summed E-state index contributed by atoms with van der Waals surface area (Å²) in [5.74, 6) is -0.265. The Hall–Kier alpha value is -4.12. The van der Waals surface area contributed by atoms with Crippen LogP contribution in [0.5, 0.6) is 17.2 Å². The minimum Gasteiger partial charge on any atom is -0.497 e. The maximum atomic E-state index is 14.1. The number of anilines is 2. The summed E-state index contributed by atoms with van der Waals surface area (Å²) in [4.78, 5) is 27.2. The average molecular weight is 619 g/mol. The predicted molar refractivity (Wildman–Crippen MR) is 154 cm³/mol. The second-order valence-corrected chi connectivity index (χ2v) is 10.8. The van der Waals surface area contributed by atoms with E-state index in [-0.39, 0.29) is 35.8 Å². The molecule has 0 spiro atoms. The van der Waals surface area contributed by atoms with Crippen LogP contribution in [0.4, 0.5) is 24.5 Å². The Morgan fingerprint density at radius 3 is 2.40 bits per heavy atom. The van der Waals surface area contributed by atoms with Crippen molar-refractivity contribution in [2.75, 3.05) is 44.7 Å². The minimum atomic E-state index is -4.67. The molecule has 1 N–H and O–H groups in total. The number of carbonyl (C=O) groups excluding carboxylic acids is 2. The molecule has 0 bridgehead atoms. The highest BCUT2D eigenvalue weighted by atomic mass is 35.5. The van der Waals surface area contributed by atoms with Crippen LogP contribution in [0.3, 0.4) is 0 Å². The number of ether oxygens (including phenoxy) is 4. The lowest BCUT2D eigenvalue weighted by Crippen LogP contribution is -2.37. The molecule has 1 unspecified atom stereocenters. The van der Waals surface area contributed by atoms with E-state index in [0.29, 0.717) is 52.8 Å². The second-order valence-electron chi connectivity index (χ2n) is 10.4. The molecule has 12 heteroatoms. The van der Waals surface area contributed by atoms with E-state index in [9.17, 15) is 22.8 Å². The van der Waals surface area contributed by atoms with Crippen LogP contribution >= 0.6 is 11.6 Å². The van der Waals surface area contributed by atoms with E-state index < -0.39 is 23.7 Å². The molecule has 0 saturated heterocycles. The average Bonchev–Trinajstić information content (AvgIpc) is 3.66. The van der Waals surface area contributed by atoms with Crippen molar-refractivity contribution in [3.8, 4) is 17.2 Å². The number of alkyl halides is 3. The van der Waals surface area contributed by atoms with Crippen LogP contribution in [0.25, 0.3) is 0 Å². The van der Waals surface area contributed by atoms with Crippen LogP contribution in [0.1, 0.15) is 29.2 Å². The van der Waals surface area contributed by atoms with Crippen molar-refractivity contribution in [3.63, 3.8) is 0 Å². The van der Waals surface area contributed by atoms with Crippen LogP contribution in [0, 0.1) is 11.8 Å². The fraction of sp³-hybridized carbons (Fsp3) is 0.355. The standard InChI is InChI=1S/C31H30ClF3N2O6/c1-40-22-12-21(13-23(14-22)43-16-19-10-24(19)30(39)42-3)36-28(17-4-6-20(32)7-5-17)29(38)37-9-8-18-11-27(41-2)25(15-26(18)37)31(33,34)35/h4-7,11-15,19,24,28,36H,8-10,16H2,1-3H3/t19-,24-,28?/m1/s1. The number of nitrogens with zero attached hydrogens (tertiary/aromatic N) is 1. The molecule has 2 aliphatic rings.